The molecule has 0 saturated carbocycles. The average molecular weight is 458 g/mol. The lowest BCUT2D eigenvalue weighted by Gasteiger charge is -2.15. The summed E-state index contributed by atoms with van der Waals surface area (Å²) in [6, 6.07) is 41.4. The number of ether oxygens (including phenoxy) is 1. The second-order valence-electron chi connectivity index (χ2n) is 8.30. The van der Waals surface area contributed by atoms with Gasteiger partial charge in [-0.15, -0.1) is 0 Å². The molecule has 172 valence electrons. The van der Waals surface area contributed by atoms with Crippen molar-refractivity contribution in [1.29, 1.82) is 0 Å². The van der Waals surface area contributed by atoms with Crippen molar-refractivity contribution < 1.29 is 9.53 Å². The van der Waals surface area contributed by atoms with Gasteiger partial charge < -0.3 is 9.30 Å². The molecule has 5 aromatic rings. The van der Waals surface area contributed by atoms with Gasteiger partial charge in [-0.3, -0.25) is 4.79 Å². The highest BCUT2D eigenvalue weighted by atomic mass is 16.5. The van der Waals surface area contributed by atoms with E-state index in [2.05, 4.69) is 77.4 Å². The van der Waals surface area contributed by atoms with Gasteiger partial charge in [0.1, 0.15) is 6.54 Å². The Hall–Kier alpha value is -4.37. The zero-order valence-electron chi connectivity index (χ0n) is 19.7. The first-order chi connectivity index (χ1) is 17.3. The van der Waals surface area contributed by atoms with E-state index in [9.17, 15) is 4.79 Å². The van der Waals surface area contributed by atoms with E-state index in [0.29, 0.717) is 6.61 Å². The van der Waals surface area contributed by atoms with Gasteiger partial charge in [-0.05, 0) is 29.2 Å². The molecule has 0 saturated heterocycles. The molecule has 1 heterocycles. The number of hydrogen-bond acceptors (Lipinski definition) is 2. The number of rotatable bonds is 7. The van der Waals surface area contributed by atoms with Gasteiger partial charge in [0.15, 0.2) is 0 Å². The van der Waals surface area contributed by atoms with E-state index < -0.39 is 0 Å². The molecular weight excluding hydrogens is 430 g/mol. The van der Waals surface area contributed by atoms with Gasteiger partial charge in [-0.2, -0.15) is 0 Å². The van der Waals surface area contributed by atoms with Crippen molar-refractivity contribution >= 4 is 5.97 Å². The lowest BCUT2D eigenvalue weighted by molar-refractivity contribution is -0.143. The van der Waals surface area contributed by atoms with Crippen LogP contribution in [-0.4, -0.2) is 17.1 Å². The summed E-state index contributed by atoms with van der Waals surface area (Å²) in [5.41, 5.74) is 8.52. The summed E-state index contributed by atoms with van der Waals surface area (Å²) in [7, 11) is 0. The third kappa shape index (κ3) is 4.53. The van der Waals surface area contributed by atoms with Crippen molar-refractivity contribution in [3.8, 4) is 44.8 Å². The van der Waals surface area contributed by atoms with Crippen molar-refractivity contribution in [2.45, 2.75) is 13.5 Å². The van der Waals surface area contributed by atoms with E-state index in [-0.39, 0.29) is 12.5 Å². The molecule has 0 aliphatic rings. The van der Waals surface area contributed by atoms with E-state index >= 15 is 0 Å². The highest BCUT2D eigenvalue weighted by Crippen LogP contribution is 2.48. The first-order valence-electron chi connectivity index (χ1n) is 11.9. The minimum atomic E-state index is -0.254. The fourth-order valence-electron chi connectivity index (χ4n) is 4.68. The van der Waals surface area contributed by atoms with Crippen LogP contribution < -0.4 is 0 Å². The molecule has 3 nitrogen and oxygen atoms in total. The molecule has 1 aromatic heterocycles. The lowest BCUT2D eigenvalue weighted by atomic mass is 9.91. The SMILES string of the molecule is CCOC(=O)Cn1c(-c2ccccc2)c(-c2ccccc2)c(-c2ccccc2)c1-c1ccccc1. The lowest BCUT2D eigenvalue weighted by Crippen LogP contribution is -2.15. The molecule has 0 N–H and O–H groups in total. The van der Waals surface area contributed by atoms with E-state index in [4.69, 9.17) is 4.74 Å². The Kier molecular flexibility index (Phi) is 6.58. The summed E-state index contributed by atoms with van der Waals surface area (Å²) in [4.78, 5) is 12.9. The number of hydrogen-bond donors (Lipinski definition) is 0. The van der Waals surface area contributed by atoms with Crippen LogP contribution in [0.5, 0.6) is 0 Å². The molecule has 0 aliphatic carbocycles. The third-order valence-electron chi connectivity index (χ3n) is 6.08. The first kappa shape index (κ1) is 22.4. The minimum Gasteiger partial charge on any atom is -0.465 e. The monoisotopic (exact) mass is 457 g/mol. The van der Waals surface area contributed by atoms with E-state index in [1.165, 1.54) is 0 Å². The van der Waals surface area contributed by atoms with Gasteiger partial charge in [0.25, 0.3) is 0 Å². The Morgan fingerprint density at radius 2 is 0.914 bits per heavy atom. The number of esters is 1. The second-order valence-corrected chi connectivity index (χ2v) is 8.30. The molecule has 0 spiro atoms. The van der Waals surface area contributed by atoms with Gasteiger partial charge in [-0.25, -0.2) is 0 Å². The standard InChI is InChI=1S/C32H27NO2/c1-2-35-28(34)23-33-31(26-19-11-5-12-20-26)29(24-15-7-3-8-16-24)30(25-17-9-4-10-18-25)32(33)27-21-13-6-14-22-27/h3-22H,2,23H2,1H3. The first-order valence-corrected chi connectivity index (χ1v) is 11.9. The van der Waals surface area contributed by atoms with Crippen LogP contribution in [0, 0.1) is 0 Å². The summed E-state index contributed by atoms with van der Waals surface area (Å²) in [5, 5.41) is 0. The van der Waals surface area contributed by atoms with Crippen molar-refractivity contribution in [1.82, 2.24) is 4.57 Å². The molecule has 35 heavy (non-hydrogen) atoms. The fraction of sp³-hybridized carbons (Fsp3) is 0.0938. The summed E-state index contributed by atoms with van der Waals surface area (Å²) in [5.74, 6) is -0.254. The van der Waals surface area contributed by atoms with Crippen LogP contribution in [0.15, 0.2) is 121 Å². The maximum atomic E-state index is 12.9. The Labute approximate surface area is 206 Å². The van der Waals surface area contributed by atoms with E-state index in [0.717, 1.165) is 44.8 Å². The van der Waals surface area contributed by atoms with E-state index in [1.807, 2.05) is 55.5 Å². The summed E-state index contributed by atoms with van der Waals surface area (Å²) in [6.45, 7) is 2.31. The molecule has 0 aliphatic heterocycles. The fourth-order valence-corrected chi connectivity index (χ4v) is 4.68. The van der Waals surface area contributed by atoms with Crippen LogP contribution in [0.2, 0.25) is 0 Å². The highest BCUT2D eigenvalue weighted by Gasteiger charge is 2.28. The number of carbonyl (C=O) groups excluding carboxylic acids is 1. The number of aromatic nitrogens is 1. The van der Waals surface area contributed by atoms with Crippen LogP contribution in [0.3, 0.4) is 0 Å². The summed E-state index contributed by atoms with van der Waals surface area (Å²) < 4.78 is 7.56. The minimum absolute atomic E-state index is 0.120. The Morgan fingerprint density at radius 1 is 0.571 bits per heavy atom. The Bertz CT molecular complexity index is 1310. The maximum absolute atomic E-state index is 12.9. The normalized spacial score (nSPS) is 10.8. The number of benzene rings is 4. The summed E-state index contributed by atoms with van der Waals surface area (Å²) >= 11 is 0. The predicted octanol–water partition coefficient (Wildman–Crippen LogP) is 7.72. The number of nitrogens with zero attached hydrogens (tertiary/aromatic N) is 1. The maximum Gasteiger partial charge on any atom is 0.325 e. The van der Waals surface area contributed by atoms with Crippen LogP contribution in [0.4, 0.5) is 0 Å². The Morgan fingerprint density at radius 3 is 1.26 bits per heavy atom. The molecule has 0 amide bonds. The topological polar surface area (TPSA) is 31.2 Å². The third-order valence-corrected chi connectivity index (χ3v) is 6.08. The van der Waals surface area contributed by atoms with Crippen molar-refractivity contribution in [2.24, 2.45) is 0 Å². The molecule has 5 rings (SSSR count). The molecule has 3 heteroatoms. The zero-order chi connectivity index (χ0) is 24.0. The molecule has 0 fully saturated rings. The van der Waals surface area contributed by atoms with Gasteiger partial charge in [0.05, 0.1) is 18.0 Å². The predicted molar refractivity (Wildman–Crippen MR) is 143 cm³/mol. The van der Waals surface area contributed by atoms with Gasteiger partial charge in [-0.1, -0.05) is 121 Å². The van der Waals surface area contributed by atoms with Crippen molar-refractivity contribution in [3.63, 3.8) is 0 Å². The Balaban J connectivity index is 1.95. The second kappa shape index (κ2) is 10.3. The van der Waals surface area contributed by atoms with Crippen LogP contribution in [-0.2, 0) is 16.1 Å². The van der Waals surface area contributed by atoms with E-state index in [1.54, 1.807) is 0 Å². The quantitative estimate of drug-likeness (QED) is 0.234. The molecule has 0 unspecified atom stereocenters. The zero-order valence-corrected chi connectivity index (χ0v) is 19.7. The van der Waals surface area contributed by atoms with Crippen LogP contribution in [0.25, 0.3) is 44.8 Å². The molecule has 0 bridgehead atoms. The van der Waals surface area contributed by atoms with Crippen molar-refractivity contribution in [2.75, 3.05) is 6.61 Å². The van der Waals surface area contributed by atoms with Crippen LogP contribution >= 0.6 is 0 Å². The largest absolute Gasteiger partial charge is 0.465 e. The molecular formula is C32H27NO2. The average Bonchev–Trinajstić information content (AvgIpc) is 3.25. The highest BCUT2D eigenvalue weighted by molar-refractivity contribution is 6.02. The van der Waals surface area contributed by atoms with Gasteiger partial charge >= 0.3 is 5.97 Å². The van der Waals surface area contributed by atoms with Gasteiger partial charge in [0.2, 0.25) is 0 Å². The molecule has 0 atom stereocenters. The smallest absolute Gasteiger partial charge is 0.325 e. The van der Waals surface area contributed by atoms with Crippen LogP contribution in [0.1, 0.15) is 6.92 Å². The summed E-state index contributed by atoms with van der Waals surface area (Å²) in [6.07, 6.45) is 0. The number of carbonyl (C=O) groups is 1. The molecule has 4 aromatic carbocycles. The van der Waals surface area contributed by atoms with Crippen molar-refractivity contribution in [3.05, 3.63) is 121 Å². The molecule has 0 radical (unpaired) electrons. The van der Waals surface area contributed by atoms with Gasteiger partial charge in [0, 0.05) is 11.1 Å².